The number of nitrogen functional groups attached to an aromatic ring is 1. The molecule has 1 saturated heterocycles. The maximum Gasteiger partial charge on any atom is 0.253 e. The summed E-state index contributed by atoms with van der Waals surface area (Å²) in [4.78, 5) is 16.9. The maximum atomic E-state index is 12.2. The van der Waals surface area contributed by atoms with Gasteiger partial charge >= 0.3 is 0 Å². The summed E-state index contributed by atoms with van der Waals surface area (Å²) in [7, 11) is 0. The van der Waals surface area contributed by atoms with Gasteiger partial charge in [0.15, 0.2) is 0 Å². The van der Waals surface area contributed by atoms with Gasteiger partial charge in [-0.3, -0.25) is 9.69 Å². The van der Waals surface area contributed by atoms with E-state index in [0.29, 0.717) is 17.8 Å². The van der Waals surface area contributed by atoms with E-state index in [4.69, 9.17) is 10.3 Å². The number of fused-ring (bicyclic) bond motifs is 1. The smallest absolute Gasteiger partial charge is 0.253 e. The molecule has 0 atom stereocenters. The van der Waals surface area contributed by atoms with E-state index in [1.165, 1.54) is 0 Å². The van der Waals surface area contributed by atoms with Gasteiger partial charge in [-0.1, -0.05) is 29.4 Å². The van der Waals surface area contributed by atoms with E-state index >= 15 is 0 Å². The predicted octanol–water partition coefficient (Wildman–Crippen LogP) is 2.74. The molecule has 0 bridgehead atoms. The molecule has 2 aromatic carbocycles. The fourth-order valence-corrected chi connectivity index (χ4v) is 3.74. The standard InChI is InChI=1S/C22H27N5O2/c23-19-9-3-1-7-17(19)21(28)24-11-5-6-12-26-13-15-27(16-14-26)22-18-8-2-4-10-20(18)25-29-22/h1-4,7-10H,5-6,11-16,23H2,(H,24,28). The van der Waals surface area contributed by atoms with Crippen molar-refractivity contribution in [2.75, 3.05) is 49.9 Å². The first-order valence-corrected chi connectivity index (χ1v) is 10.2. The van der Waals surface area contributed by atoms with Crippen LogP contribution in [-0.4, -0.2) is 55.2 Å². The van der Waals surface area contributed by atoms with E-state index in [9.17, 15) is 4.79 Å². The second-order valence-corrected chi connectivity index (χ2v) is 7.38. The first-order chi connectivity index (χ1) is 14.2. The molecular weight excluding hydrogens is 366 g/mol. The van der Waals surface area contributed by atoms with Gasteiger partial charge in [0.25, 0.3) is 5.91 Å². The lowest BCUT2D eigenvalue weighted by Gasteiger charge is -2.34. The van der Waals surface area contributed by atoms with E-state index in [1.807, 2.05) is 30.3 Å². The number of carbonyl (C=O) groups excluding carboxylic acids is 1. The third-order valence-electron chi connectivity index (χ3n) is 5.42. The number of hydrogen-bond acceptors (Lipinski definition) is 6. The number of nitrogens with one attached hydrogen (secondary N) is 1. The molecular formula is C22H27N5O2. The summed E-state index contributed by atoms with van der Waals surface area (Å²) in [5, 5.41) is 8.19. The highest BCUT2D eigenvalue weighted by molar-refractivity contribution is 5.99. The zero-order valence-electron chi connectivity index (χ0n) is 16.5. The molecule has 1 aromatic heterocycles. The lowest BCUT2D eigenvalue weighted by Crippen LogP contribution is -2.46. The third-order valence-corrected chi connectivity index (χ3v) is 5.42. The van der Waals surface area contributed by atoms with Gasteiger partial charge in [-0.25, -0.2) is 0 Å². The van der Waals surface area contributed by atoms with Gasteiger partial charge in [-0.15, -0.1) is 0 Å². The topological polar surface area (TPSA) is 87.6 Å². The van der Waals surface area contributed by atoms with E-state index in [0.717, 1.165) is 62.4 Å². The Morgan fingerprint density at radius 1 is 1.03 bits per heavy atom. The zero-order chi connectivity index (χ0) is 20.1. The van der Waals surface area contributed by atoms with Crippen molar-refractivity contribution >= 4 is 28.4 Å². The minimum Gasteiger partial charge on any atom is -0.398 e. The molecule has 0 saturated carbocycles. The van der Waals surface area contributed by atoms with Crippen LogP contribution in [0, 0.1) is 0 Å². The Hall–Kier alpha value is -3.06. The number of para-hydroxylation sites is 1. The summed E-state index contributed by atoms with van der Waals surface area (Å²) < 4.78 is 5.58. The van der Waals surface area contributed by atoms with E-state index in [2.05, 4.69) is 26.3 Å². The largest absolute Gasteiger partial charge is 0.398 e. The number of unbranched alkanes of at least 4 members (excludes halogenated alkanes) is 1. The maximum absolute atomic E-state index is 12.2. The normalized spacial score (nSPS) is 15.0. The fraction of sp³-hybridized carbons (Fsp3) is 0.364. The highest BCUT2D eigenvalue weighted by atomic mass is 16.5. The molecule has 1 fully saturated rings. The minimum atomic E-state index is -0.101. The average Bonchev–Trinajstić information content (AvgIpc) is 3.18. The number of nitrogens with two attached hydrogens (primary N) is 1. The Balaban J connectivity index is 1.16. The predicted molar refractivity (Wildman–Crippen MR) is 115 cm³/mol. The summed E-state index contributed by atoms with van der Waals surface area (Å²) in [6.07, 6.45) is 2.00. The summed E-state index contributed by atoms with van der Waals surface area (Å²) in [5.41, 5.74) is 7.81. The van der Waals surface area contributed by atoms with Crippen LogP contribution in [0.25, 0.3) is 10.9 Å². The molecule has 152 valence electrons. The molecule has 7 heteroatoms. The van der Waals surface area contributed by atoms with Crippen LogP contribution in [0.15, 0.2) is 53.1 Å². The summed E-state index contributed by atoms with van der Waals surface area (Å²) >= 11 is 0. The van der Waals surface area contributed by atoms with Crippen LogP contribution >= 0.6 is 0 Å². The van der Waals surface area contributed by atoms with Crippen LogP contribution in [0.5, 0.6) is 0 Å². The Bertz CT molecular complexity index is 963. The fourth-order valence-electron chi connectivity index (χ4n) is 3.74. The summed E-state index contributed by atoms with van der Waals surface area (Å²) in [6, 6.07) is 15.2. The zero-order valence-corrected chi connectivity index (χ0v) is 16.5. The number of carbonyl (C=O) groups is 1. The third kappa shape index (κ3) is 4.51. The quantitative estimate of drug-likeness (QED) is 0.474. The van der Waals surface area contributed by atoms with Crippen LogP contribution in [0.2, 0.25) is 0 Å². The van der Waals surface area contributed by atoms with Crippen molar-refractivity contribution in [3.63, 3.8) is 0 Å². The molecule has 1 aliphatic heterocycles. The Morgan fingerprint density at radius 3 is 2.62 bits per heavy atom. The molecule has 0 unspecified atom stereocenters. The van der Waals surface area contributed by atoms with Crippen molar-refractivity contribution in [2.45, 2.75) is 12.8 Å². The van der Waals surface area contributed by atoms with Crippen LogP contribution in [-0.2, 0) is 0 Å². The monoisotopic (exact) mass is 393 g/mol. The highest BCUT2D eigenvalue weighted by Crippen LogP contribution is 2.27. The number of nitrogens with zero attached hydrogens (tertiary/aromatic N) is 3. The van der Waals surface area contributed by atoms with Gasteiger partial charge in [-0.05, 0) is 43.7 Å². The van der Waals surface area contributed by atoms with Crippen molar-refractivity contribution in [1.82, 2.24) is 15.4 Å². The van der Waals surface area contributed by atoms with Crippen molar-refractivity contribution in [2.24, 2.45) is 0 Å². The number of anilines is 2. The van der Waals surface area contributed by atoms with E-state index in [-0.39, 0.29) is 5.91 Å². The molecule has 3 aromatic rings. The molecule has 2 heterocycles. The average molecular weight is 393 g/mol. The second kappa shape index (κ2) is 8.96. The van der Waals surface area contributed by atoms with Crippen LogP contribution < -0.4 is 16.0 Å². The number of amides is 1. The van der Waals surface area contributed by atoms with E-state index < -0.39 is 0 Å². The summed E-state index contributed by atoms with van der Waals surface area (Å²) in [5.74, 6) is 0.777. The van der Waals surface area contributed by atoms with Crippen molar-refractivity contribution in [3.05, 3.63) is 54.1 Å². The Kier molecular flexibility index (Phi) is 5.95. The number of aromatic nitrogens is 1. The van der Waals surface area contributed by atoms with Gasteiger partial charge in [0.1, 0.15) is 5.52 Å². The lowest BCUT2D eigenvalue weighted by atomic mass is 10.1. The molecule has 29 heavy (non-hydrogen) atoms. The number of rotatable bonds is 7. The minimum absolute atomic E-state index is 0.101. The lowest BCUT2D eigenvalue weighted by molar-refractivity contribution is 0.0953. The molecule has 0 spiro atoms. The van der Waals surface area contributed by atoms with Crippen molar-refractivity contribution in [3.8, 4) is 0 Å². The Labute approximate surface area is 170 Å². The molecule has 0 aliphatic carbocycles. The van der Waals surface area contributed by atoms with Gasteiger partial charge in [0, 0.05) is 38.4 Å². The molecule has 7 nitrogen and oxygen atoms in total. The molecule has 3 N–H and O–H groups in total. The summed E-state index contributed by atoms with van der Waals surface area (Å²) in [6.45, 7) is 5.57. The molecule has 4 rings (SSSR count). The number of piperazine rings is 1. The number of benzene rings is 2. The van der Waals surface area contributed by atoms with Gasteiger partial charge in [-0.2, -0.15) is 0 Å². The molecule has 0 radical (unpaired) electrons. The van der Waals surface area contributed by atoms with Gasteiger partial charge in [0.05, 0.1) is 10.9 Å². The van der Waals surface area contributed by atoms with Gasteiger partial charge < -0.3 is 20.5 Å². The van der Waals surface area contributed by atoms with Crippen LogP contribution in [0.1, 0.15) is 23.2 Å². The van der Waals surface area contributed by atoms with E-state index in [1.54, 1.807) is 12.1 Å². The SMILES string of the molecule is Nc1ccccc1C(=O)NCCCCN1CCN(c2onc3ccccc23)CC1. The first-order valence-electron chi connectivity index (χ1n) is 10.2. The second-order valence-electron chi connectivity index (χ2n) is 7.38. The molecule has 1 aliphatic rings. The number of hydrogen-bond donors (Lipinski definition) is 2. The van der Waals surface area contributed by atoms with Crippen LogP contribution in [0.3, 0.4) is 0 Å². The van der Waals surface area contributed by atoms with Crippen molar-refractivity contribution < 1.29 is 9.32 Å². The van der Waals surface area contributed by atoms with Crippen LogP contribution in [0.4, 0.5) is 11.6 Å². The Morgan fingerprint density at radius 2 is 1.79 bits per heavy atom. The van der Waals surface area contributed by atoms with Gasteiger partial charge in [0.2, 0.25) is 5.88 Å². The highest BCUT2D eigenvalue weighted by Gasteiger charge is 2.21. The van der Waals surface area contributed by atoms with Crippen molar-refractivity contribution in [1.29, 1.82) is 0 Å². The molecule has 1 amide bonds. The first kappa shape index (κ1) is 19.3.